The van der Waals surface area contributed by atoms with Crippen molar-refractivity contribution in [2.24, 2.45) is 13.0 Å². The molecule has 31 heavy (non-hydrogen) atoms. The molecule has 0 saturated carbocycles. The fraction of sp³-hybridized carbons (Fsp3) is 0.333. The lowest BCUT2D eigenvalue weighted by Gasteiger charge is -2.32. The average Bonchev–Trinajstić information content (AvgIpc) is 2.81. The number of hydrogen-bond acceptors (Lipinski definition) is 5. The van der Waals surface area contributed by atoms with Crippen molar-refractivity contribution in [1.82, 2.24) is 14.8 Å². The van der Waals surface area contributed by atoms with Gasteiger partial charge in [0.05, 0.1) is 11.9 Å². The van der Waals surface area contributed by atoms with Gasteiger partial charge in [-0.1, -0.05) is 24.3 Å². The predicted octanol–water partition coefficient (Wildman–Crippen LogP) is 2.82. The summed E-state index contributed by atoms with van der Waals surface area (Å²) in [6.07, 6.45) is 6.66. The van der Waals surface area contributed by atoms with Crippen molar-refractivity contribution in [3.8, 4) is 0 Å². The molecule has 4 rings (SSSR count). The molecule has 0 aliphatic carbocycles. The van der Waals surface area contributed by atoms with Crippen LogP contribution in [0, 0.1) is 5.92 Å². The topological polar surface area (TPSA) is 80.1 Å². The van der Waals surface area contributed by atoms with Crippen molar-refractivity contribution in [3.05, 3.63) is 82.5 Å². The van der Waals surface area contributed by atoms with Gasteiger partial charge in [0.2, 0.25) is 5.91 Å². The van der Waals surface area contributed by atoms with Crippen molar-refractivity contribution < 1.29 is 4.79 Å². The minimum absolute atomic E-state index is 0.0420. The molecule has 0 atom stereocenters. The second kappa shape index (κ2) is 9.55. The molecular formula is C24H27N5O2. The van der Waals surface area contributed by atoms with Crippen LogP contribution in [0.2, 0.25) is 0 Å². The van der Waals surface area contributed by atoms with Gasteiger partial charge in [-0.05, 0) is 49.4 Å². The summed E-state index contributed by atoms with van der Waals surface area (Å²) in [5, 5.41) is 7.24. The first-order chi connectivity index (χ1) is 15.1. The third-order valence-corrected chi connectivity index (χ3v) is 5.84. The maximum Gasteiger partial charge on any atom is 0.268 e. The number of anilines is 2. The van der Waals surface area contributed by atoms with Crippen LogP contribution in [0.25, 0.3) is 0 Å². The fourth-order valence-electron chi connectivity index (χ4n) is 3.94. The number of aryl methyl sites for hydroxylation is 3. The molecule has 0 spiro atoms. The minimum atomic E-state index is -0.125. The molecule has 3 aromatic rings. The van der Waals surface area contributed by atoms with Crippen molar-refractivity contribution in [1.29, 1.82) is 0 Å². The second-order valence-electron chi connectivity index (χ2n) is 7.90. The smallest absolute Gasteiger partial charge is 0.268 e. The van der Waals surface area contributed by atoms with Crippen molar-refractivity contribution >= 4 is 17.3 Å². The number of piperidine rings is 1. The molecule has 1 amide bonds. The molecule has 7 heteroatoms. The maximum absolute atomic E-state index is 12.9. The average molecular weight is 418 g/mol. The zero-order valence-corrected chi connectivity index (χ0v) is 17.7. The molecule has 1 N–H and O–H groups in total. The first-order valence-corrected chi connectivity index (χ1v) is 10.7. The number of carbonyl (C=O) groups is 1. The van der Waals surface area contributed by atoms with Crippen LogP contribution in [-0.4, -0.2) is 33.8 Å². The van der Waals surface area contributed by atoms with Crippen molar-refractivity contribution in [3.63, 3.8) is 0 Å². The van der Waals surface area contributed by atoms with Gasteiger partial charge in [0.15, 0.2) is 0 Å². The number of nitrogens with zero attached hydrogens (tertiary/aromatic N) is 4. The molecule has 3 heterocycles. The molecule has 1 aliphatic rings. The van der Waals surface area contributed by atoms with Crippen LogP contribution in [0.3, 0.4) is 0 Å². The van der Waals surface area contributed by atoms with Crippen LogP contribution >= 0.6 is 0 Å². The largest absolute Gasteiger partial charge is 0.370 e. The van der Waals surface area contributed by atoms with Gasteiger partial charge < -0.3 is 10.2 Å². The van der Waals surface area contributed by atoms with Gasteiger partial charge in [-0.3, -0.25) is 14.6 Å². The number of carbonyl (C=O) groups excluding carboxylic acids is 1. The van der Waals surface area contributed by atoms with Crippen LogP contribution < -0.4 is 15.8 Å². The van der Waals surface area contributed by atoms with E-state index < -0.39 is 0 Å². The number of para-hydroxylation sites is 1. The van der Waals surface area contributed by atoms with Crippen LogP contribution in [0.1, 0.15) is 24.1 Å². The zero-order chi connectivity index (χ0) is 21.6. The molecule has 0 unspecified atom stereocenters. The van der Waals surface area contributed by atoms with Gasteiger partial charge in [-0.25, -0.2) is 4.68 Å². The number of benzene rings is 1. The molecule has 1 aromatic carbocycles. The highest BCUT2D eigenvalue weighted by atomic mass is 16.2. The van der Waals surface area contributed by atoms with E-state index in [2.05, 4.69) is 26.4 Å². The quantitative estimate of drug-likeness (QED) is 0.667. The summed E-state index contributed by atoms with van der Waals surface area (Å²) in [4.78, 5) is 31.3. The Bertz CT molecular complexity index is 1090. The van der Waals surface area contributed by atoms with Crippen LogP contribution in [-0.2, 0) is 24.7 Å². The summed E-state index contributed by atoms with van der Waals surface area (Å²) in [7, 11) is 1.64. The predicted molar refractivity (Wildman–Crippen MR) is 121 cm³/mol. The molecule has 160 valence electrons. The number of amides is 1. The van der Waals surface area contributed by atoms with E-state index in [1.54, 1.807) is 25.5 Å². The first-order valence-electron chi connectivity index (χ1n) is 10.7. The van der Waals surface area contributed by atoms with Crippen molar-refractivity contribution in [2.45, 2.75) is 25.7 Å². The summed E-state index contributed by atoms with van der Waals surface area (Å²) in [5.41, 5.74) is 3.73. The lowest BCUT2D eigenvalue weighted by molar-refractivity contribution is -0.120. The summed E-state index contributed by atoms with van der Waals surface area (Å²) < 4.78 is 1.31. The second-order valence-corrected chi connectivity index (χ2v) is 7.90. The van der Waals surface area contributed by atoms with Crippen molar-refractivity contribution in [2.75, 3.05) is 23.3 Å². The Hall–Kier alpha value is -3.48. The number of rotatable bonds is 6. The number of pyridine rings is 1. The van der Waals surface area contributed by atoms with Crippen LogP contribution in [0.15, 0.2) is 65.7 Å². The lowest BCUT2D eigenvalue weighted by atomic mass is 9.95. The molecule has 0 bridgehead atoms. The molecule has 1 fully saturated rings. The number of nitrogens with one attached hydrogen (secondary N) is 1. The van der Waals surface area contributed by atoms with Gasteiger partial charge in [0.1, 0.15) is 0 Å². The third-order valence-electron chi connectivity index (χ3n) is 5.84. The lowest BCUT2D eigenvalue weighted by Crippen LogP contribution is -2.39. The monoisotopic (exact) mass is 417 g/mol. The van der Waals surface area contributed by atoms with Crippen LogP contribution in [0.5, 0.6) is 0 Å². The van der Waals surface area contributed by atoms with E-state index in [1.807, 2.05) is 36.4 Å². The Kier molecular flexibility index (Phi) is 6.40. The Morgan fingerprint density at radius 1 is 1.10 bits per heavy atom. The molecule has 1 saturated heterocycles. The normalized spacial score (nSPS) is 14.4. The summed E-state index contributed by atoms with van der Waals surface area (Å²) >= 11 is 0. The molecule has 7 nitrogen and oxygen atoms in total. The Morgan fingerprint density at radius 2 is 1.87 bits per heavy atom. The molecule has 1 aliphatic heterocycles. The minimum Gasteiger partial charge on any atom is -0.370 e. The van der Waals surface area contributed by atoms with Crippen LogP contribution in [0.4, 0.5) is 11.4 Å². The van der Waals surface area contributed by atoms with Gasteiger partial charge in [-0.2, -0.15) is 5.10 Å². The van der Waals surface area contributed by atoms with E-state index in [0.717, 1.165) is 61.4 Å². The number of hydrogen-bond donors (Lipinski definition) is 1. The van der Waals surface area contributed by atoms with E-state index >= 15 is 0 Å². The van der Waals surface area contributed by atoms with Gasteiger partial charge in [0.25, 0.3) is 5.56 Å². The summed E-state index contributed by atoms with van der Waals surface area (Å²) in [6.45, 7) is 1.46. The summed E-state index contributed by atoms with van der Waals surface area (Å²) in [6, 6.07) is 15.5. The van der Waals surface area contributed by atoms with Gasteiger partial charge in [0, 0.05) is 49.7 Å². The Morgan fingerprint density at radius 3 is 2.61 bits per heavy atom. The van der Waals surface area contributed by atoms with E-state index in [-0.39, 0.29) is 17.4 Å². The first kappa shape index (κ1) is 20.8. The standard InChI is InChI=1S/C24H27N5O2/c1-28-23(30)16-21(17-26-28)29-14-11-19(12-15-29)24(31)27-22-8-3-2-6-18(22)9-10-20-7-4-5-13-25-20/h2-8,13,16-17,19H,9-12,14-15H2,1H3,(H,27,31). The maximum atomic E-state index is 12.9. The highest BCUT2D eigenvalue weighted by Crippen LogP contribution is 2.24. The Balaban J connectivity index is 1.35. The summed E-state index contributed by atoms with van der Waals surface area (Å²) in [5.74, 6) is 0.0200. The van der Waals surface area contributed by atoms with E-state index in [9.17, 15) is 9.59 Å². The highest BCUT2D eigenvalue weighted by Gasteiger charge is 2.26. The number of aromatic nitrogens is 3. The van der Waals surface area contributed by atoms with Gasteiger partial charge in [-0.15, -0.1) is 0 Å². The zero-order valence-electron chi connectivity index (χ0n) is 17.7. The van der Waals surface area contributed by atoms with E-state index in [4.69, 9.17) is 0 Å². The fourth-order valence-corrected chi connectivity index (χ4v) is 3.94. The van der Waals surface area contributed by atoms with E-state index in [1.165, 1.54) is 4.68 Å². The highest BCUT2D eigenvalue weighted by molar-refractivity contribution is 5.93. The molecular weight excluding hydrogens is 390 g/mol. The molecule has 2 aromatic heterocycles. The van der Waals surface area contributed by atoms with E-state index in [0.29, 0.717) is 0 Å². The van der Waals surface area contributed by atoms with Gasteiger partial charge >= 0.3 is 0 Å². The SMILES string of the molecule is Cn1ncc(N2CCC(C(=O)Nc3ccccc3CCc3ccccn3)CC2)cc1=O. The Labute approximate surface area is 181 Å². The molecule has 0 radical (unpaired) electrons. The third kappa shape index (κ3) is 5.17.